The molecule has 0 unspecified atom stereocenters. The first-order valence-electron chi connectivity index (χ1n) is 10.7. The van der Waals surface area contributed by atoms with Crippen LogP contribution in [0.2, 0.25) is 0 Å². The van der Waals surface area contributed by atoms with Gasteiger partial charge in [-0.25, -0.2) is 14.4 Å². The van der Waals surface area contributed by atoms with Gasteiger partial charge in [0.05, 0.1) is 29.7 Å². The SMILES string of the molecule is COc1cccc(F)c1-c1cn2ccnc2c(Nc2ccccc2N2CCC(N)CC2)n1. The smallest absolute Gasteiger partial charge is 0.180 e. The fourth-order valence-electron chi connectivity index (χ4n) is 4.18. The van der Waals surface area contributed by atoms with E-state index in [0.717, 1.165) is 37.3 Å². The second kappa shape index (κ2) is 8.47. The van der Waals surface area contributed by atoms with Gasteiger partial charge in [0.1, 0.15) is 11.6 Å². The van der Waals surface area contributed by atoms with Crippen molar-refractivity contribution >= 4 is 22.8 Å². The third-order valence-electron chi connectivity index (χ3n) is 5.86. The minimum Gasteiger partial charge on any atom is -0.496 e. The zero-order chi connectivity index (χ0) is 22.1. The molecule has 5 rings (SSSR count). The molecular weight excluding hydrogens is 407 g/mol. The number of ether oxygens (including phenoxy) is 1. The number of methoxy groups -OCH3 is 1. The van der Waals surface area contributed by atoms with Crippen LogP contribution in [-0.2, 0) is 0 Å². The lowest BCUT2D eigenvalue weighted by atomic mass is 10.1. The molecule has 0 atom stereocenters. The summed E-state index contributed by atoms with van der Waals surface area (Å²) in [6, 6.07) is 13.1. The molecule has 0 amide bonds. The van der Waals surface area contributed by atoms with E-state index in [0.29, 0.717) is 28.5 Å². The zero-order valence-electron chi connectivity index (χ0n) is 17.8. The van der Waals surface area contributed by atoms with Gasteiger partial charge < -0.3 is 25.1 Å². The first kappa shape index (κ1) is 20.3. The number of aromatic nitrogens is 3. The Bertz CT molecular complexity index is 1250. The predicted molar refractivity (Wildman–Crippen MR) is 124 cm³/mol. The summed E-state index contributed by atoms with van der Waals surface area (Å²) in [5, 5.41) is 3.45. The van der Waals surface area contributed by atoms with E-state index in [-0.39, 0.29) is 6.04 Å². The van der Waals surface area contributed by atoms with Crippen molar-refractivity contribution in [1.29, 1.82) is 0 Å². The Kier molecular flexibility index (Phi) is 5.36. The number of para-hydroxylation sites is 2. The lowest BCUT2D eigenvalue weighted by molar-refractivity contribution is 0.413. The predicted octanol–water partition coefficient (Wildman–Crippen LogP) is 4.22. The number of nitrogens with zero attached hydrogens (tertiary/aromatic N) is 4. The van der Waals surface area contributed by atoms with Crippen molar-refractivity contribution in [3.63, 3.8) is 0 Å². The summed E-state index contributed by atoms with van der Waals surface area (Å²) in [6.45, 7) is 1.80. The molecule has 1 aliphatic rings. The number of anilines is 3. The molecule has 32 heavy (non-hydrogen) atoms. The van der Waals surface area contributed by atoms with Gasteiger partial charge >= 0.3 is 0 Å². The summed E-state index contributed by atoms with van der Waals surface area (Å²) in [4.78, 5) is 11.5. The zero-order valence-corrected chi connectivity index (χ0v) is 17.8. The lowest BCUT2D eigenvalue weighted by Crippen LogP contribution is -2.39. The standard InChI is InChI=1S/C24H25FN6O/c1-32-21-8-4-5-17(25)22(21)19-15-31-14-11-27-24(31)23(29-19)28-18-6-2-3-7-20(18)30-12-9-16(26)10-13-30/h2-8,11,14-16H,9-10,12-13,26H2,1H3,(H,28,29). The molecule has 3 heterocycles. The Labute approximate surface area is 185 Å². The molecule has 1 fully saturated rings. The first-order chi connectivity index (χ1) is 15.6. The molecule has 164 valence electrons. The summed E-state index contributed by atoms with van der Waals surface area (Å²) in [5.41, 5.74) is 9.51. The number of nitrogens with one attached hydrogen (secondary N) is 1. The molecule has 3 N–H and O–H groups in total. The van der Waals surface area contributed by atoms with Crippen molar-refractivity contribution in [2.45, 2.75) is 18.9 Å². The third kappa shape index (κ3) is 3.73. The van der Waals surface area contributed by atoms with Gasteiger partial charge in [0.2, 0.25) is 0 Å². The van der Waals surface area contributed by atoms with Gasteiger partial charge in [0.25, 0.3) is 0 Å². The van der Waals surface area contributed by atoms with Crippen LogP contribution in [0.1, 0.15) is 12.8 Å². The number of piperidine rings is 1. The van der Waals surface area contributed by atoms with Crippen molar-refractivity contribution < 1.29 is 9.13 Å². The molecule has 0 bridgehead atoms. The van der Waals surface area contributed by atoms with Crippen LogP contribution in [0.4, 0.5) is 21.6 Å². The second-order valence-corrected chi connectivity index (χ2v) is 7.92. The van der Waals surface area contributed by atoms with Crippen LogP contribution in [0.3, 0.4) is 0 Å². The molecule has 2 aromatic carbocycles. The van der Waals surface area contributed by atoms with E-state index in [2.05, 4.69) is 21.3 Å². The second-order valence-electron chi connectivity index (χ2n) is 7.92. The van der Waals surface area contributed by atoms with E-state index in [9.17, 15) is 4.39 Å². The number of nitrogens with two attached hydrogens (primary N) is 1. The van der Waals surface area contributed by atoms with Crippen molar-refractivity contribution in [2.75, 3.05) is 30.4 Å². The fraction of sp³-hybridized carbons (Fsp3) is 0.250. The van der Waals surface area contributed by atoms with Crippen molar-refractivity contribution in [3.05, 3.63) is 66.9 Å². The van der Waals surface area contributed by atoms with Gasteiger partial charge in [0, 0.05) is 37.7 Å². The minimum absolute atomic E-state index is 0.255. The maximum atomic E-state index is 14.8. The van der Waals surface area contributed by atoms with Gasteiger partial charge in [-0.15, -0.1) is 0 Å². The molecule has 2 aromatic heterocycles. The Morgan fingerprint density at radius 3 is 2.75 bits per heavy atom. The number of rotatable bonds is 5. The number of hydrogen-bond donors (Lipinski definition) is 2. The molecule has 0 spiro atoms. The Morgan fingerprint density at radius 1 is 1.12 bits per heavy atom. The van der Waals surface area contributed by atoms with Crippen molar-refractivity contribution in [1.82, 2.24) is 14.4 Å². The number of halogens is 1. The largest absolute Gasteiger partial charge is 0.496 e. The molecule has 0 aliphatic carbocycles. The summed E-state index contributed by atoms with van der Waals surface area (Å²) in [5.74, 6) is 0.569. The molecule has 1 aliphatic heterocycles. The normalized spacial score (nSPS) is 14.7. The highest BCUT2D eigenvalue weighted by molar-refractivity contribution is 5.81. The van der Waals surface area contributed by atoms with Crippen LogP contribution in [-0.4, -0.2) is 40.6 Å². The van der Waals surface area contributed by atoms with Gasteiger partial charge in [-0.2, -0.15) is 0 Å². The maximum Gasteiger partial charge on any atom is 0.180 e. The van der Waals surface area contributed by atoms with Gasteiger partial charge in [-0.1, -0.05) is 18.2 Å². The molecule has 0 radical (unpaired) electrons. The Morgan fingerprint density at radius 2 is 1.94 bits per heavy atom. The number of imidazole rings is 1. The van der Waals surface area contributed by atoms with E-state index in [4.69, 9.17) is 15.5 Å². The van der Waals surface area contributed by atoms with Crippen molar-refractivity contribution in [2.24, 2.45) is 5.73 Å². The van der Waals surface area contributed by atoms with Gasteiger partial charge in [-0.3, -0.25) is 0 Å². The minimum atomic E-state index is -0.396. The first-order valence-corrected chi connectivity index (χ1v) is 10.7. The molecular formula is C24H25FN6O. The average molecular weight is 433 g/mol. The van der Waals surface area contributed by atoms with Crippen LogP contribution in [0, 0.1) is 5.82 Å². The highest BCUT2D eigenvalue weighted by Gasteiger charge is 2.20. The topological polar surface area (TPSA) is 80.7 Å². The molecule has 1 saturated heterocycles. The summed E-state index contributed by atoms with van der Waals surface area (Å²) >= 11 is 0. The average Bonchev–Trinajstić information content (AvgIpc) is 3.29. The highest BCUT2D eigenvalue weighted by atomic mass is 19.1. The van der Waals surface area contributed by atoms with Crippen LogP contribution >= 0.6 is 0 Å². The van der Waals surface area contributed by atoms with Crippen molar-refractivity contribution in [3.8, 4) is 17.0 Å². The van der Waals surface area contributed by atoms with E-state index in [1.165, 1.54) is 13.2 Å². The summed E-state index contributed by atoms with van der Waals surface area (Å²) in [6.07, 6.45) is 7.19. The number of fused-ring (bicyclic) bond motifs is 1. The van der Waals surface area contributed by atoms with Crippen LogP contribution in [0.25, 0.3) is 16.9 Å². The van der Waals surface area contributed by atoms with Crippen LogP contribution in [0.5, 0.6) is 5.75 Å². The van der Waals surface area contributed by atoms with E-state index < -0.39 is 5.82 Å². The Balaban J connectivity index is 1.58. The third-order valence-corrected chi connectivity index (χ3v) is 5.86. The summed E-state index contributed by atoms with van der Waals surface area (Å²) < 4.78 is 22.0. The summed E-state index contributed by atoms with van der Waals surface area (Å²) in [7, 11) is 1.52. The lowest BCUT2D eigenvalue weighted by Gasteiger charge is -2.33. The highest BCUT2D eigenvalue weighted by Crippen LogP contribution is 2.35. The molecule has 4 aromatic rings. The number of benzene rings is 2. The van der Waals surface area contributed by atoms with E-state index in [1.807, 2.05) is 28.8 Å². The molecule has 7 nitrogen and oxygen atoms in total. The Hall–Kier alpha value is -3.65. The maximum absolute atomic E-state index is 14.8. The molecule has 0 saturated carbocycles. The van der Waals surface area contributed by atoms with Crippen LogP contribution < -0.4 is 20.7 Å². The molecule has 8 heteroatoms. The van der Waals surface area contributed by atoms with Gasteiger partial charge in [-0.05, 0) is 37.1 Å². The van der Waals surface area contributed by atoms with Gasteiger partial charge in [0.15, 0.2) is 11.5 Å². The van der Waals surface area contributed by atoms with E-state index in [1.54, 1.807) is 24.5 Å². The monoisotopic (exact) mass is 432 g/mol. The fourth-order valence-corrected chi connectivity index (χ4v) is 4.18. The van der Waals surface area contributed by atoms with E-state index >= 15 is 0 Å². The number of hydrogen-bond acceptors (Lipinski definition) is 6. The van der Waals surface area contributed by atoms with Crippen LogP contribution in [0.15, 0.2) is 61.1 Å². The quantitative estimate of drug-likeness (QED) is 0.492.